The van der Waals surface area contributed by atoms with Crippen LogP contribution in [0.25, 0.3) is 22.3 Å². The topological polar surface area (TPSA) is 49.9 Å². The summed E-state index contributed by atoms with van der Waals surface area (Å²) in [5.41, 5.74) is 14.1. The molecule has 3 N–H and O–H groups in total. The average Bonchev–Trinajstić information content (AvgIpc) is 2.93. The fourth-order valence-corrected chi connectivity index (χ4v) is 3.26. The minimum Gasteiger partial charge on any atom is -0.384 e. The number of amidine groups is 1. The second-order valence-corrected chi connectivity index (χ2v) is 5.66. The summed E-state index contributed by atoms with van der Waals surface area (Å²) in [6, 6.07) is 23.0. The van der Waals surface area contributed by atoms with E-state index in [1.165, 1.54) is 33.4 Å². The first-order valence-corrected chi connectivity index (χ1v) is 7.39. The van der Waals surface area contributed by atoms with E-state index in [0.717, 1.165) is 12.0 Å². The van der Waals surface area contributed by atoms with Crippen molar-refractivity contribution >= 4 is 5.84 Å². The van der Waals surface area contributed by atoms with E-state index in [1.807, 2.05) is 18.2 Å². The molecule has 3 aromatic rings. The molecule has 0 spiro atoms. The van der Waals surface area contributed by atoms with Gasteiger partial charge >= 0.3 is 0 Å². The molecule has 0 radical (unpaired) electrons. The Labute approximate surface area is 129 Å². The number of fused-ring (bicyclic) bond motifs is 3. The summed E-state index contributed by atoms with van der Waals surface area (Å²) < 4.78 is 0. The molecule has 4 rings (SSSR count). The molecule has 0 saturated heterocycles. The van der Waals surface area contributed by atoms with Gasteiger partial charge in [0.05, 0.1) is 0 Å². The number of hydrogen-bond acceptors (Lipinski definition) is 1. The molecule has 2 heteroatoms. The van der Waals surface area contributed by atoms with E-state index < -0.39 is 0 Å². The maximum Gasteiger partial charge on any atom is 0.122 e. The van der Waals surface area contributed by atoms with Crippen molar-refractivity contribution in [1.82, 2.24) is 0 Å². The van der Waals surface area contributed by atoms with Gasteiger partial charge < -0.3 is 5.73 Å². The molecule has 0 unspecified atom stereocenters. The maximum atomic E-state index is 7.64. The predicted octanol–water partition coefficient (Wildman–Crippen LogP) is 4.21. The molecular weight excluding hydrogens is 268 g/mol. The van der Waals surface area contributed by atoms with Gasteiger partial charge in [0.15, 0.2) is 0 Å². The van der Waals surface area contributed by atoms with Crippen LogP contribution < -0.4 is 5.73 Å². The molecule has 3 aromatic carbocycles. The molecule has 0 aromatic heterocycles. The van der Waals surface area contributed by atoms with Crippen molar-refractivity contribution < 1.29 is 0 Å². The van der Waals surface area contributed by atoms with E-state index in [-0.39, 0.29) is 5.84 Å². The van der Waals surface area contributed by atoms with Crippen LogP contribution in [0.1, 0.15) is 16.7 Å². The molecule has 1 aliphatic rings. The molecular formula is C20H16N2. The van der Waals surface area contributed by atoms with Gasteiger partial charge in [-0.25, -0.2) is 0 Å². The van der Waals surface area contributed by atoms with Gasteiger partial charge in [-0.15, -0.1) is 0 Å². The fourth-order valence-electron chi connectivity index (χ4n) is 3.26. The molecule has 0 fully saturated rings. The molecule has 0 amide bonds. The van der Waals surface area contributed by atoms with Gasteiger partial charge in [-0.05, 0) is 45.9 Å². The largest absolute Gasteiger partial charge is 0.384 e. The molecule has 106 valence electrons. The summed E-state index contributed by atoms with van der Waals surface area (Å²) in [6.07, 6.45) is 0.938. The third-order valence-corrected chi connectivity index (χ3v) is 4.34. The van der Waals surface area contributed by atoms with E-state index in [0.29, 0.717) is 0 Å². The Kier molecular flexibility index (Phi) is 2.83. The van der Waals surface area contributed by atoms with E-state index in [9.17, 15) is 0 Å². The summed E-state index contributed by atoms with van der Waals surface area (Å²) >= 11 is 0. The predicted molar refractivity (Wildman–Crippen MR) is 91.1 cm³/mol. The third kappa shape index (κ3) is 1.92. The average molecular weight is 284 g/mol. The van der Waals surface area contributed by atoms with Crippen LogP contribution >= 0.6 is 0 Å². The lowest BCUT2D eigenvalue weighted by atomic mass is 9.96. The van der Waals surface area contributed by atoms with Crippen molar-refractivity contribution in [3.63, 3.8) is 0 Å². The van der Waals surface area contributed by atoms with Gasteiger partial charge in [0.25, 0.3) is 0 Å². The van der Waals surface area contributed by atoms with Crippen LogP contribution in [-0.4, -0.2) is 5.84 Å². The van der Waals surface area contributed by atoms with Crippen LogP contribution in [0, 0.1) is 5.41 Å². The molecule has 0 heterocycles. The molecule has 2 nitrogen and oxygen atoms in total. The highest BCUT2D eigenvalue weighted by Crippen LogP contribution is 2.41. The third-order valence-electron chi connectivity index (χ3n) is 4.34. The maximum absolute atomic E-state index is 7.64. The first kappa shape index (κ1) is 12.8. The normalized spacial score (nSPS) is 11.8. The van der Waals surface area contributed by atoms with Gasteiger partial charge in [-0.3, -0.25) is 5.41 Å². The van der Waals surface area contributed by atoms with Crippen LogP contribution in [-0.2, 0) is 6.42 Å². The SMILES string of the molecule is N=C(N)c1ccc2c(c1)-c1cccc(-c3ccccc3)c1C2. The van der Waals surface area contributed by atoms with E-state index in [2.05, 4.69) is 48.5 Å². The number of benzene rings is 3. The van der Waals surface area contributed by atoms with E-state index >= 15 is 0 Å². The lowest BCUT2D eigenvalue weighted by Gasteiger charge is -2.08. The summed E-state index contributed by atoms with van der Waals surface area (Å²) in [4.78, 5) is 0. The van der Waals surface area contributed by atoms with Crippen LogP contribution in [0.15, 0.2) is 66.7 Å². The Morgan fingerprint density at radius 2 is 1.59 bits per heavy atom. The van der Waals surface area contributed by atoms with Crippen molar-refractivity contribution in [2.75, 3.05) is 0 Å². The lowest BCUT2D eigenvalue weighted by molar-refractivity contribution is 1.26. The van der Waals surface area contributed by atoms with Gasteiger partial charge in [0, 0.05) is 5.56 Å². The quantitative estimate of drug-likeness (QED) is 0.420. The zero-order valence-corrected chi connectivity index (χ0v) is 12.1. The second kappa shape index (κ2) is 4.85. The standard InChI is InChI=1S/C20H16N2/c21-20(22)15-10-9-14-11-19-16(13-5-2-1-3-6-13)7-4-8-17(19)18(14)12-15/h1-10,12H,11H2,(H3,21,22). The number of nitrogens with one attached hydrogen (secondary N) is 1. The summed E-state index contributed by atoms with van der Waals surface area (Å²) in [5, 5.41) is 7.64. The number of nitrogen functional groups attached to an aromatic ring is 1. The molecule has 22 heavy (non-hydrogen) atoms. The van der Waals surface area contributed by atoms with Crippen molar-refractivity contribution in [3.05, 3.63) is 83.4 Å². The monoisotopic (exact) mass is 284 g/mol. The number of hydrogen-bond donors (Lipinski definition) is 2. The Balaban J connectivity index is 1.90. The second-order valence-electron chi connectivity index (χ2n) is 5.66. The first-order valence-electron chi connectivity index (χ1n) is 7.39. The smallest absolute Gasteiger partial charge is 0.122 e. The van der Waals surface area contributed by atoms with Gasteiger partial charge in [0.1, 0.15) is 5.84 Å². The summed E-state index contributed by atoms with van der Waals surface area (Å²) in [7, 11) is 0. The Hall–Kier alpha value is -2.87. The Morgan fingerprint density at radius 1 is 0.818 bits per heavy atom. The molecule has 1 aliphatic carbocycles. The highest BCUT2D eigenvalue weighted by Gasteiger charge is 2.21. The van der Waals surface area contributed by atoms with Crippen molar-refractivity contribution in [1.29, 1.82) is 5.41 Å². The molecule has 0 aliphatic heterocycles. The number of rotatable bonds is 2. The first-order chi connectivity index (χ1) is 10.7. The minimum atomic E-state index is 0.121. The summed E-state index contributed by atoms with van der Waals surface area (Å²) in [5.74, 6) is 0.121. The van der Waals surface area contributed by atoms with E-state index in [1.54, 1.807) is 0 Å². The van der Waals surface area contributed by atoms with Crippen LogP contribution in [0.3, 0.4) is 0 Å². The highest BCUT2D eigenvalue weighted by atomic mass is 14.7. The Morgan fingerprint density at radius 3 is 2.36 bits per heavy atom. The zero-order chi connectivity index (χ0) is 15.1. The highest BCUT2D eigenvalue weighted by molar-refractivity contribution is 5.97. The lowest BCUT2D eigenvalue weighted by Crippen LogP contribution is -2.10. The number of nitrogens with two attached hydrogens (primary N) is 1. The van der Waals surface area contributed by atoms with Crippen molar-refractivity contribution in [2.45, 2.75) is 6.42 Å². The van der Waals surface area contributed by atoms with Crippen LogP contribution in [0.5, 0.6) is 0 Å². The minimum absolute atomic E-state index is 0.121. The van der Waals surface area contributed by atoms with Gasteiger partial charge in [0.2, 0.25) is 0 Å². The van der Waals surface area contributed by atoms with Crippen LogP contribution in [0.4, 0.5) is 0 Å². The van der Waals surface area contributed by atoms with Crippen LogP contribution in [0.2, 0.25) is 0 Å². The molecule has 0 bridgehead atoms. The van der Waals surface area contributed by atoms with E-state index in [4.69, 9.17) is 11.1 Å². The fraction of sp³-hybridized carbons (Fsp3) is 0.0500. The van der Waals surface area contributed by atoms with Gasteiger partial charge in [-0.2, -0.15) is 0 Å². The van der Waals surface area contributed by atoms with Gasteiger partial charge in [-0.1, -0.05) is 60.7 Å². The zero-order valence-electron chi connectivity index (χ0n) is 12.1. The summed E-state index contributed by atoms with van der Waals surface area (Å²) in [6.45, 7) is 0. The Bertz CT molecular complexity index is 879. The van der Waals surface area contributed by atoms with Crippen molar-refractivity contribution in [2.24, 2.45) is 5.73 Å². The molecule has 0 atom stereocenters. The van der Waals surface area contributed by atoms with Crippen molar-refractivity contribution in [3.8, 4) is 22.3 Å². The molecule has 0 saturated carbocycles.